The lowest BCUT2D eigenvalue weighted by atomic mass is 10.1. The average molecular weight is 401 g/mol. The lowest BCUT2D eigenvalue weighted by molar-refractivity contribution is 0.0996. The van der Waals surface area contributed by atoms with Crippen molar-refractivity contribution in [3.05, 3.63) is 65.2 Å². The van der Waals surface area contributed by atoms with Gasteiger partial charge in [-0.1, -0.05) is 24.6 Å². The van der Waals surface area contributed by atoms with Crippen LogP contribution in [-0.4, -0.2) is 37.6 Å². The number of benzene rings is 2. The summed E-state index contributed by atoms with van der Waals surface area (Å²) in [5, 5.41) is 2.70. The van der Waals surface area contributed by atoms with Gasteiger partial charge in [0.2, 0.25) is 15.9 Å². The molecule has 1 aliphatic heterocycles. The number of nitrogens with two attached hydrogens (primary N) is 1. The zero-order valence-electron chi connectivity index (χ0n) is 15.4. The fourth-order valence-corrected chi connectivity index (χ4v) is 4.76. The molecule has 3 N–H and O–H groups in total. The number of hydrogen-bond acceptors (Lipinski definition) is 4. The van der Waals surface area contributed by atoms with Crippen LogP contribution in [0.3, 0.4) is 0 Å². The number of rotatable bonds is 6. The van der Waals surface area contributed by atoms with Crippen molar-refractivity contribution in [2.45, 2.75) is 25.0 Å². The van der Waals surface area contributed by atoms with Gasteiger partial charge in [0.15, 0.2) is 0 Å². The Morgan fingerprint density at radius 2 is 1.64 bits per heavy atom. The van der Waals surface area contributed by atoms with E-state index in [1.165, 1.54) is 6.07 Å². The highest BCUT2D eigenvalue weighted by Crippen LogP contribution is 2.18. The van der Waals surface area contributed by atoms with Gasteiger partial charge >= 0.3 is 0 Å². The molecule has 0 aromatic heterocycles. The fourth-order valence-electron chi connectivity index (χ4n) is 3.15. The molecule has 2 amide bonds. The van der Waals surface area contributed by atoms with Gasteiger partial charge in [-0.3, -0.25) is 9.59 Å². The Morgan fingerprint density at radius 1 is 0.964 bits per heavy atom. The van der Waals surface area contributed by atoms with E-state index in [-0.39, 0.29) is 11.7 Å². The number of anilines is 1. The van der Waals surface area contributed by atoms with Crippen LogP contribution in [0.25, 0.3) is 0 Å². The van der Waals surface area contributed by atoms with E-state index in [0.717, 1.165) is 19.3 Å². The molecule has 7 nitrogen and oxygen atoms in total. The van der Waals surface area contributed by atoms with Gasteiger partial charge in [0, 0.05) is 29.9 Å². The molecule has 0 atom stereocenters. The third-order valence-electron chi connectivity index (χ3n) is 4.68. The molecule has 1 fully saturated rings. The second kappa shape index (κ2) is 8.53. The molecule has 0 aliphatic carbocycles. The van der Waals surface area contributed by atoms with Gasteiger partial charge in [0.1, 0.15) is 0 Å². The number of carbonyl (C=O) groups excluding carboxylic acids is 2. The van der Waals surface area contributed by atoms with E-state index in [1.54, 1.807) is 46.8 Å². The van der Waals surface area contributed by atoms with Crippen LogP contribution in [0.5, 0.6) is 0 Å². The van der Waals surface area contributed by atoms with Crippen LogP contribution in [0.1, 0.15) is 45.5 Å². The molecule has 28 heavy (non-hydrogen) atoms. The van der Waals surface area contributed by atoms with Gasteiger partial charge in [0.25, 0.3) is 5.91 Å². The quantitative estimate of drug-likeness (QED) is 0.774. The van der Waals surface area contributed by atoms with Crippen LogP contribution in [0.4, 0.5) is 5.69 Å². The maximum Gasteiger partial charge on any atom is 0.255 e. The Kier molecular flexibility index (Phi) is 6.11. The Balaban J connectivity index is 1.66. The minimum atomic E-state index is -3.34. The Labute approximate surface area is 164 Å². The molecule has 8 heteroatoms. The van der Waals surface area contributed by atoms with Crippen molar-refractivity contribution < 1.29 is 18.0 Å². The predicted octanol–water partition coefficient (Wildman–Crippen LogP) is 2.35. The van der Waals surface area contributed by atoms with Crippen LogP contribution >= 0.6 is 0 Å². The highest BCUT2D eigenvalue weighted by atomic mass is 32.2. The smallest absolute Gasteiger partial charge is 0.255 e. The third-order valence-corrected chi connectivity index (χ3v) is 6.53. The number of nitrogens with one attached hydrogen (secondary N) is 1. The first-order valence-corrected chi connectivity index (χ1v) is 10.7. The van der Waals surface area contributed by atoms with Crippen LogP contribution < -0.4 is 11.1 Å². The van der Waals surface area contributed by atoms with E-state index in [1.807, 2.05) is 0 Å². The molecule has 3 rings (SSSR count). The van der Waals surface area contributed by atoms with Gasteiger partial charge < -0.3 is 11.1 Å². The first-order valence-electron chi connectivity index (χ1n) is 9.13. The van der Waals surface area contributed by atoms with Crippen LogP contribution in [0.15, 0.2) is 48.5 Å². The maximum atomic E-state index is 12.5. The molecule has 1 saturated heterocycles. The summed E-state index contributed by atoms with van der Waals surface area (Å²) in [5.41, 5.74) is 7.03. The minimum Gasteiger partial charge on any atom is -0.366 e. The summed E-state index contributed by atoms with van der Waals surface area (Å²) in [5.74, 6) is -1.00. The van der Waals surface area contributed by atoms with E-state index >= 15 is 0 Å². The summed E-state index contributed by atoms with van der Waals surface area (Å²) >= 11 is 0. The molecule has 0 radical (unpaired) electrons. The van der Waals surface area contributed by atoms with Gasteiger partial charge in [-0.15, -0.1) is 0 Å². The number of primary amides is 1. The normalized spacial score (nSPS) is 15.1. The van der Waals surface area contributed by atoms with Crippen LogP contribution in [0.2, 0.25) is 0 Å². The molecule has 2 aromatic rings. The van der Waals surface area contributed by atoms with Gasteiger partial charge in [0.05, 0.1) is 5.75 Å². The Morgan fingerprint density at radius 3 is 2.29 bits per heavy atom. The van der Waals surface area contributed by atoms with E-state index in [9.17, 15) is 18.0 Å². The van der Waals surface area contributed by atoms with Crippen LogP contribution in [0, 0.1) is 0 Å². The lowest BCUT2D eigenvalue weighted by Crippen LogP contribution is -2.36. The summed E-state index contributed by atoms with van der Waals surface area (Å²) in [6.45, 7) is 1.15. The second-order valence-corrected chi connectivity index (χ2v) is 8.78. The summed E-state index contributed by atoms with van der Waals surface area (Å²) in [4.78, 5) is 23.6. The van der Waals surface area contributed by atoms with Crippen molar-refractivity contribution in [3.8, 4) is 0 Å². The van der Waals surface area contributed by atoms with E-state index in [2.05, 4.69) is 5.32 Å². The standard InChI is InChI=1S/C20H23N3O4S/c21-19(24)17-5-4-6-18(13-17)22-20(25)16-9-7-15(8-10-16)14-28(26,27)23-11-2-1-3-12-23/h4-10,13H,1-3,11-12,14H2,(H2,21,24)(H,22,25). The van der Waals surface area contributed by atoms with Crippen LogP contribution in [-0.2, 0) is 15.8 Å². The summed E-state index contributed by atoms with van der Waals surface area (Å²) < 4.78 is 26.6. The van der Waals surface area contributed by atoms with Crippen molar-refractivity contribution in [2.75, 3.05) is 18.4 Å². The summed E-state index contributed by atoms with van der Waals surface area (Å²) in [7, 11) is -3.34. The topological polar surface area (TPSA) is 110 Å². The Bertz CT molecular complexity index is 965. The van der Waals surface area contributed by atoms with Crippen molar-refractivity contribution in [3.63, 3.8) is 0 Å². The highest BCUT2D eigenvalue weighted by Gasteiger charge is 2.24. The van der Waals surface area contributed by atoms with Crippen molar-refractivity contribution >= 4 is 27.5 Å². The predicted molar refractivity (Wildman–Crippen MR) is 107 cm³/mol. The zero-order chi connectivity index (χ0) is 20.1. The molecule has 1 heterocycles. The molecule has 0 unspecified atom stereocenters. The molecule has 1 aliphatic rings. The first kappa shape index (κ1) is 20.0. The lowest BCUT2D eigenvalue weighted by Gasteiger charge is -2.25. The minimum absolute atomic E-state index is 0.0739. The molecular formula is C20H23N3O4S. The third kappa shape index (κ3) is 4.96. The second-order valence-electron chi connectivity index (χ2n) is 6.81. The fraction of sp³-hybridized carbons (Fsp3) is 0.300. The van der Waals surface area contributed by atoms with Crippen molar-refractivity contribution in [1.82, 2.24) is 4.31 Å². The molecule has 0 bridgehead atoms. The monoisotopic (exact) mass is 401 g/mol. The van der Waals surface area contributed by atoms with Gasteiger partial charge in [-0.05, 0) is 48.7 Å². The van der Waals surface area contributed by atoms with E-state index < -0.39 is 15.9 Å². The Hall–Kier alpha value is -2.71. The number of nitrogens with zero attached hydrogens (tertiary/aromatic N) is 1. The van der Waals surface area contributed by atoms with E-state index in [0.29, 0.717) is 35.5 Å². The number of carbonyl (C=O) groups is 2. The van der Waals surface area contributed by atoms with Crippen molar-refractivity contribution in [1.29, 1.82) is 0 Å². The zero-order valence-corrected chi connectivity index (χ0v) is 16.2. The highest BCUT2D eigenvalue weighted by molar-refractivity contribution is 7.88. The largest absolute Gasteiger partial charge is 0.366 e. The number of piperidine rings is 1. The number of amides is 2. The first-order chi connectivity index (χ1) is 13.3. The maximum absolute atomic E-state index is 12.5. The number of sulfonamides is 1. The summed E-state index contributed by atoms with van der Waals surface area (Å²) in [6, 6.07) is 12.8. The van der Waals surface area contributed by atoms with Gasteiger partial charge in [-0.25, -0.2) is 12.7 Å². The molecule has 2 aromatic carbocycles. The molecule has 148 valence electrons. The number of hydrogen-bond donors (Lipinski definition) is 2. The average Bonchev–Trinajstić information content (AvgIpc) is 2.69. The van der Waals surface area contributed by atoms with Gasteiger partial charge in [-0.2, -0.15) is 0 Å². The summed E-state index contributed by atoms with van der Waals surface area (Å²) in [6.07, 6.45) is 2.86. The molecule has 0 spiro atoms. The molecular weight excluding hydrogens is 378 g/mol. The van der Waals surface area contributed by atoms with E-state index in [4.69, 9.17) is 5.73 Å². The van der Waals surface area contributed by atoms with Crippen molar-refractivity contribution in [2.24, 2.45) is 5.73 Å². The molecule has 0 saturated carbocycles. The SMILES string of the molecule is NC(=O)c1cccc(NC(=O)c2ccc(CS(=O)(=O)N3CCCCC3)cc2)c1.